The summed E-state index contributed by atoms with van der Waals surface area (Å²) >= 11 is 6.47. The summed E-state index contributed by atoms with van der Waals surface area (Å²) in [6.45, 7) is 4.61. The number of fused-ring (bicyclic) bond motifs is 1. The number of nitrogens with zero attached hydrogens (tertiary/aromatic N) is 2. The number of benzene rings is 1. The number of hydrogen-bond donors (Lipinski definition) is 1. The fourth-order valence-corrected chi connectivity index (χ4v) is 4.79. The molecule has 2 aliphatic heterocycles. The van der Waals surface area contributed by atoms with Gasteiger partial charge in [-0.05, 0) is 48.1 Å². The molecule has 0 radical (unpaired) electrons. The second-order valence-electron chi connectivity index (χ2n) is 6.99. The fraction of sp³-hybridized carbons (Fsp3) is 0.421. The molecule has 1 amide bonds. The van der Waals surface area contributed by atoms with Gasteiger partial charge in [0, 0.05) is 19.3 Å². The van der Waals surface area contributed by atoms with E-state index in [2.05, 4.69) is 24.1 Å². The Kier molecular flexibility index (Phi) is 5.39. The van der Waals surface area contributed by atoms with Crippen LogP contribution in [0.5, 0.6) is 0 Å². The lowest BCUT2D eigenvalue weighted by Gasteiger charge is -2.27. The number of thiocarbonyl (C=S) groups is 1. The minimum absolute atomic E-state index is 0.228. The molecule has 1 unspecified atom stereocenters. The van der Waals surface area contributed by atoms with Gasteiger partial charge >= 0.3 is 5.97 Å². The molecule has 0 spiro atoms. The van der Waals surface area contributed by atoms with Gasteiger partial charge in [0.05, 0.1) is 4.91 Å². The Morgan fingerprint density at radius 1 is 1.38 bits per heavy atom. The van der Waals surface area contributed by atoms with Crippen LogP contribution in [0.15, 0.2) is 23.1 Å². The van der Waals surface area contributed by atoms with Crippen molar-refractivity contribution in [1.82, 2.24) is 4.90 Å². The van der Waals surface area contributed by atoms with Crippen LogP contribution in [-0.2, 0) is 16.0 Å². The van der Waals surface area contributed by atoms with Crippen molar-refractivity contribution < 1.29 is 14.7 Å². The molecule has 26 heavy (non-hydrogen) atoms. The van der Waals surface area contributed by atoms with Crippen molar-refractivity contribution in [1.29, 1.82) is 0 Å². The third kappa shape index (κ3) is 3.50. The number of carbonyl (C=O) groups is 2. The fourth-order valence-electron chi connectivity index (χ4n) is 3.46. The molecule has 0 bridgehead atoms. The zero-order valence-corrected chi connectivity index (χ0v) is 16.7. The van der Waals surface area contributed by atoms with E-state index >= 15 is 0 Å². The molecular weight excluding hydrogens is 368 g/mol. The van der Waals surface area contributed by atoms with Gasteiger partial charge in [0.15, 0.2) is 0 Å². The molecule has 138 valence electrons. The number of anilines is 1. The van der Waals surface area contributed by atoms with Crippen LogP contribution < -0.4 is 4.90 Å². The number of aryl methyl sites for hydroxylation is 1. The molecule has 1 aromatic carbocycles. The molecule has 1 fully saturated rings. The Balaban J connectivity index is 1.90. The molecule has 1 saturated heterocycles. The number of rotatable bonds is 4. The quantitative estimate of drug-likeness (QED) is 0.628. The first-order valence-corrected chi connectivity index (χ1v) is 9.86. The van der Waals surface area contributed by atoms with E-state index < -0.39 is 12.0 Å². The van der Waals surface area contributed by atoms with Gasteiger partial charge in [0.1, 0.15) is 10.4 Å². The molecule has 7 heteroatoms. The molecule has 2 heterocycles. The van der Waals surface area contributed by atoms with Crippen LogP contribution in [0, 0.1) is 5.92 Å². The molecule has 0 saturated carbocycles. The van der Waals surface area contributed by atoms with Gasteiger partial charge in [-0.2, -0.15) is 0 Å². The van der Waals surface area contributed by atoms with Crippen LogP contribution in [0.1, 0.15) is 31.4 Å². The van der Waals surface area contributed by atoms with Gasteiger partial charge in [0.2, 0.25) is 0 Å². The van der Waals surface area contributed by atoms with Crippen molar-refractivity contribution in [3.8, 4) is 0 Å². The van der Waals surface area contributed by atoms with Gasteiger partial charge in [0.25, 0.3) is 5.91 Å². The first-order valence-electron chi connectivity index (χ1n) is 8.63. The summed E-state index contributed by atoms with van der Waals surface area (Å²) in [6, 6.07) is 5.24. The topological polar surface area (TPSA) is 60.9 Å². The number of carboxylic acid groups (broad SMARTS) is 1. The van der Waals surface area contributed by atoms with E-state index in [9.17, 15) is 14.7 Å². The smallest absolute Gasteiger partial charge is 0.327 e. The maximum Gasteiger partial charge on any atom is 0.327 e. The highest BCUT2D eigenvalue weighted by molar-refractivity contribution is 8.26. The third-order valence-electron chi connectivity index (χ3n) is 4.74. The highest BCUT2D eigenvalue weighted by Gasteiger charge is 2.41. The van der Waals surface area contributed by atoms with Gasteiger partial charge in [-0.25, -0.2) is 4.79 Å². The Morgan fingerprint density at radius 2 is 2.12 bits per heavy atom. The van der Waals surface area contributed by atoms with E-state index in [1.807, 2.05) is 12.1 Å². The summed E-state index contributed by atoms with van der Waals surface area (Å²) in [5, 5.41) is 9.49. The van der Waals surface area contributed by atoms with Gasteiger partial charge in [-0.1, -0.05) is 43.9 Å². The van der Waals surface area contributed by atoms with Crippen LogP contribution in [0.3, 0.4) is 0 Å². The molecule has 0 aliphatic carbocycles. The average Bonchev–Trinajstić information content (AvgIpc) is 2.82. The van der Waals surface area contributed by atoms with Crippen LogP contribution in [0.25, 0.3) is 6.08 Å². The summed E-state index contributed by atoms with van der Waals surface area (Å²) in [5.74, 6) is -1.58. The van der Waals surface area contributed by atoms with Crippen molar-refractivity contribution in [2.75, 3.05) is 18.5 Å². The lowest BCUT2D eigenvalue weighted by Crippen LogP contribution is -2.47. The van der Waals surface area contributed by atoms with Crippen LogP contribution in [0.4, 0.5) is 5.69 Å². The first kappa shape index (κ1) is 18.9. The van der Waals surface area contributed by atoms with E-state index in [0.717, 1.165) is 24.9 Å². The summed E-state index contributed by atoms with van der Waals surface area (Å²) in [7, 11) is 2.08. The number of carbonyl (C=O) groups excluding carboxylic acids is 1. The standard InChI is InChI=1S/C19H22N2O3S2/c1-11(2)16(18(23)24)21-17(22)15(26-19(21)25)10-12-6-7-14-13(9-12)5-4-8-20(14)3/h6-7,9-11,16H,4-5,8H2,1-3H3,(H,23,24)/b15-10+. The minimum Gasteiger partial charge on any atom is -0.480 e. The monoisotopic (exact) mass is 390 g/mol. The third-order valence-corrected chi connectivity index (χ3v) is 6.07. The molecule has 1 atom stereocenters. The summed E-state index contributed by atoms with van der Waals surface area (Å²) < 4.78 is 0.306. The van der Waals surface area contributed by atoms with Gasteiger partial charge in [-0.3, -0.25) is 9.69 Å². The molecule has 1 N–H and O–H groups in total. The zero-order chi connectivity index (χ0) is 19.0. The Morgan fingerprint density at radius 3 is 2.77 bits per heavy atom. The lowest BCUT2D eigenvalue weighted by molar-refractivity contribution is -0.146. The average molecular weight is 391 g/mol. The van der Waals surface area contributed by atoms with E-state index in [-0.39, 0.29) is 11.8 Å². The normalized spacial score (nSPS) is 20.1. The van der Waals surface area contributed by atoms with E-state index in [0.29, 0.717) is 9.23 Å². The molecule has 2 aliphatic rings. The molecule has 5 nitrogen and oxygen atoms in total. The van der Waals surface area contributed by atoms with Crippen LogP contribution in [0.2, 0.25) is 0 Å². The Labute approximate surface area is 163 Å². The Bertz CT molecular complexity index is 804. The zero-order valence-electron chi connectivity index (χ0n) is 15.1. The molecule has 1 aromatic rings. The van der Waals surface area contributed by atoms with Crippen molar-refractivity contribution >= 4 is 51.9 Å². The second kappa shape index (κ2) is 7.40. The van der Waals surface area contributed by atoms with Gasteiger partial charge in [-0.15, -0.1) is 0 Å². The second-order valence-corrected chi connectivity index (χ2v) is 8.67. The lowest BCUT2D eigenvalue weighted by atomic mass is 9.99. The van der Waals surface area contributed by atoms with Crippen molar-refractivity contribution in [2.45, 2.75) is 32.7 Å². The van der Waals surface area contributed by atoms with Crippen LogP contribution >= 0.6 is 24.0 Å². The predicted molar refractivity (Wildman–Crippen MR) is 109 cm³/mol. The summed E-state index contributed by atoms with van der Waals surface area (Å²) in [5.41, 5.74) is 3.44. The number of amides is 1. The molecular formula is C19H22N2O3S2. The van der Waals surface area contributed by atoms with E-state index in [1.54, 1.807) is 13.8 Å². The maximum absolute atomic E-state index is 12.8. The molecule has 3 rings (SSSR count). The highest BCUT2D eigenvalue weighted by Crippen LogP contribution is 2.36. The minimum atomic E-state index is -1.03. The number of aliphatic carboxylic acids is 1. The van der Waals surface area contributed by atoms with Crippen molar-refractivity contribution in [3.63, 3.8) is 0 Å². The predicted octanol–water partition coefficient (Wildman–Crippen LogP) is 3.38. The summed E-state index contributed by atoms with van der Waals surface area (Å²) in [4.78, 5) is 28.3. The van der Waals surface area contributed by atoms with Crippen LogP contribution in [-0.4, -0.2) is 45.8 Å². The van der Waals surface area contributed by atoms with Crippen molar-refractivity contribution in [3.05, 3.63) is 34.2 Å². The van der Waals surface area contributed by atoms with Crippen molar-refractivity contribution in [2.24, 2.45) is 5.92 Å². The first-order chi connectivity index (χ1) is 12.3. The number of carboxylic acids is 1. The number of hydrogen-bond acceptors (Lipinski definition) is 5. The number of thioether (sulfide) groups is 1. The summed E-state index contributed by atoms with van der Waals surface area (Å²) in [6.07, 6.45) is 3.95. The molecule has 0 aromatic heterocycles. The SMILES string of the molecule is CC(C)C(C(=O)O)N1C(=O)/C(=C\c2ccc3c(c2)CCCN3C)SC1=S. The van der Waals surface area contributed by atoms with Gasteiger partial charge < -0.3 is 10.0 Å². The maximum atomic E-state index is 12.8. The Hall–Kier alpha value is -1.86. The van der Waals surface area contributed by atoms with E-state index in [1.165, 1.54) is 27.9 Å². The van der Waals surface area contributed by atoms with E-state index in [4.69, 9.17) is 12.2 Å². The largest absolute Gasteiger partial charge is 0.480 e. The highest BCUT2D eigenvalue weighted by atomic mass is 32.2.